The van der Waals surface area contributed by atoms with Gasteiger partial charge in [0.15, 0.2) is 0 Å². The van der Waals surface area contributed by atoms with Gasteiger partial charge in [-0.3, -0.25) is 4.79 Å². The molecule has 0 N–H and O–H groups in total. The summed E-state index contributed by atoms with van der Waals surface area (Å²) >= 11 is 0. The number of carbonyl (C=O) groups excluding carboxylic acids is 1. The highest BCUT2D eigenvalue weighted by molar-refractivity contribution is 5.76. The number of carbonyl (C=O) groups is 1. The van der Waals surface area contributed by atoms with Crippen molar-refractivity contribution in [3.63, 3.8) is 0 Å². The predicted octanol–water partition coefficient (Wildman–Crippen LogP) is 2.59. The summed E-state index contributed by atoms with van der Waals surface area (Å²) in [4.78, 5) is 14.2. The molecule has 2 fully saturated rings. The third kappa shape index (κ3) is 3.70. The van der Waals surface area contributed by atoms with Crippen molar-refractivity contribution < 1.29 is 9.53 Å². The first-order chi connectivity index (χ1) is 8.29. The van der Waals surface area contributed by atoms with Crippen molar-refractivity contribution in [2.45, 2.75) is 58.0 Å². The van der Waals surface area contributed by atoms with Crippen molar-refractivity contribution >= 4 is 5.91 Å². The molecular weight excluding hydrogens is 214 g/mol. The minimum absolute atomic E-state index is 0.279. The zero-order chi connectivity index (χ0) is 12.1. The maximum absolute atomic E-state index is 12.2. The van der Waals surface area contributed by atoms with Gasteiger partial charge in [-0.2, -0.15) is 0 Å². The highest BCUT2D eigenvalue weighted by Gasteiger charge is 2.26. The van der Waals surface area contributed by atoms with E-state index in [4.69, 9.17) is 4.74 Å². The molecule has 0 radical (unpaired) electrons. The molecule has 1 amide bonds. The summed E-state index contributed by atoms with van der Waals surface area (Å²) in [6.07, 6.45) is 8.42. The van der Waals surface area contributed by atoms with Gasteiger partial charge in [-0.25, -0.2) is 0 Å². The zero-order valence-corrected chi connectivity index (χ0v) is 11.0. The maximum Gasteiger partial charge on any atom is 0.222 e. The molecule has 0 aromatic carbocycles. The van der Waals surface area contributed by atoms with E-state index in [2.05, 4.69) is 0 Å². The Bertz CT molecular complexity index is 247. The van der Waals surface area contributed by atoms with Gasteiger partial charge in [-0.15, -0.1) is 0 Å². The van der Waals surface area contributed by atoms with Crippen molar-refractivity contribution in [1.29, 1.82) is 0 Å². The molecule has 3 nitrogen and oxygen atoms in total. The van der Waals surface area contributed by atoms with E-state index in [0.29, 0.717) is 11.8 Å². The summed E-state index contributed by atoms with van der Waals surface area (Å²) in [5.41, 5.74) is 0. The van der Waals surface area contributed by atoms with Crippen LogP contribution in [0, 0.1) is 5.92 Å². The van der Waals surface area contributed by atoms with Gasteiger partial charge in [-0.05, 0) is 38.5 Å². The number of likely N-dealkylation sites (tertiary alicyclic amines) is 1. The van der Waals surface area contributed by atoms with Crippen LogP contribution >= 0.6 is 0 Å². The minimum atomic E-state index is 0.279. The quantitative estimate of drug-likeness (QED) is 0.754. The van der Waals surface area contributed by atoms with Gasteiger partial charge >= 0.3 is 0 Å². The Morgan fingerprint density at radius 3 is 2.71 bits per heavy atom. The van der Waals surface area contributed by atoms with Gasteiger partial charge in [0, 0.05) is 26.1 Å². The number of ether oxygens (including phenoxy) is 1. The van der Waals surface area contributed by atoms with Crippen molar-refractivity contribution in [2.75, 3.05) is 19.7 Å². The number of rotatable bonds is 4. The van der Waals surface area contributed by atoms with Gasteiger partial charge in [0.2, 0.25) is 5.91 Å². The lowest BCUT2D eigenvalue weighted by Crippen LogP contribution is -2.43. The topological polar surface area (TPSA) is 29.5 Å². The van der Waals surface area contributed by atoms with Gasteiger partial charge in [0.25, 0.3) is 0 Å². The van der Waals surface area contributed by atoms with Gasteiger partial charge in [-0.1, -0.05) is 12.8 Å². The number of piperidine rings is 1. The van der Waals surface area contributed by atoms with Crippen LogP contribution in [0.1, 0.15) is 51.9 Å². The summed E-state index contributed by atoms with van der Waals surface area (Å²) in [6.45, 7) is 4.54. The average Bonchev–Trinajstić information content (AvgIpc) is 2.83. The maximum atomic E-state index is 12.2. The Kier molecular flexibility index (Phi) is 4.84. The monoisotopic (exact) mass is 239 g/mol. The molecule has 17 heavy (non-hydrogen) atoms. The van der Waals surface area contributed by atoms with Crippen LogP contribution in [-0.4, -0.2) is 36.6 Å². The third-order valence-corrected chi connectivity index (χ3v) is 4.07. The molecule has 1 unspecified atom stereocenters. The molecule has 1 atom stereocenters. The molecule has 98 valence electrons. The Morgan fingerprint density at radius 2 is 2.00 bits per heavy atom. The van der Waals surface area contributed by atoms with Crippen LogP contribution in [0.5, 0.6) is 0 Å². The fourth-order valence-corrected chi connectivity index (χ4v) is 3.13. The molecule has 2 aliphatic rings. The first kappa shape index (κ1) is 12.9. The molecule has 0 aromatic heterocycles. The van der Waals surface area contributed by atoms with E-state index < -0.39 is 0 Å². The molecule has 0 aromatic rings. The largest absolute Gasteiger partial charge is 0.377 e. The van der Waals surface area contributed by atoms with Crippen LogP contribution in [0.3, 0.4) is 0 Å². The lowest BCUT2D eigenvalue weighted by molar-refractivity contribution is -0.136. The van der Waals surface area contributed by atoms with Gasteiger partial charge in [0.05, 0.1) is 6.10 Å². The summed E-state index contributed by atoms with van der Waals surface area (Å²) in [5, 5.41) is 0. The molecule has 0 spiro atoms. The van der Waals surface area contributed by atoms with E-state index in [-0.39, 0.29) is 6.10 Å². The normalized spacial score (nSPS) is 26.4. The number of hydrogen-bond donors (Lipinski definition) is 0. The zero-order valence-electron chi connectivity index (χ0n) is 11.0. The van der Waals surface area contributed by atoms with Crippen molar-refractivity contribution in [3.8, 4) is 0 Å². The molecule has 1 saturated carbocycles. The van der Waals surface area contributed by atoms with Crippen LogP contribution in [0.25, 0.3) is 0 Å². The van der Waals surface area contributed by atoms with Crippen LogP contribution in [0.2, 0.25) is 0 Å². The van der Waals surface area contributed by atoms with Crippen molar-refractivity contribution in [2.24, 2.45) is 5.92 Å². The number of nitrogens with zero attached hydrogens (tertiary/aromatic N) is 1. The molecule has 3 heteroatoms. The summed E-state index contributed by atoms with van der Waals surface area (Å²) in [5.74, 6) is 1.02. The van der Waals surface area contributed by atoms with E-state index in [1.165, 1.54) is 25.7 Å². The molecular formula is C14H25NO2. The standard InChI is InChI=1S/C14H25NO2/c1-2-17-13-8-5-9-15(11-13)14(16)10-12-6-3-4-7-12/h12-13H,2-11H2,1H3. The lowest BCUT2D eigenvalue weighted by atomic mass is 10.0. The second-order valence-electron chi connectivity index (χ2n) is 5.41. The van der Waals surface area contributed by atoms with E-state index >= 15 is 0 Å². The first-order valence-electron chi connectivity index (χ1n) is 7.19. The second-order valence-corrected chi connectivity index (χ2v) is 5.41. The molecule has 1 aliphatic carbocycles. The smallest absolute Gasteiger partial charge is 0.222 e. The van der Waals surface area contributed by atoms with Crippen molar-refractivity contribution in [3.05, 3.63) is 0 Å². The van der Waals surface area contributed by atoms with Crippen molar-refractivity contribution in [1.82, 2.24) is 4.90 Å². The van der Waals surface area contributed by atoms with Gasteiger partial charge in [0.1, 0.15) is 0 Å². The Balaban J connectivity index is 1.77. The average molecular weight is 239 g/mol. The predicted molar refractivity (Wildman–Crippen MR) is 67.8 cm³/mol. The molecule has 0 bridgehead atoms. The van der Waals surface area contributed by atoms with E-state index in [1.54, 1.807) is 0 Å². The lowest BCUT2D eigenvalue weighted by Gasteiger charge is -2.33. The second kappa shape index (κ2) is 6.39. The van der Waals surface area contributed by atoms with Crippen LogP contribution < -0.4 is 0 Å². The number of amides is 1. The fraction of sp³-hybridized carbons (Fsp3) is 0.929. The molecule has 1 saturated heterocycles. The third-order valence-electron chi connectivity index (χ3n) is 4.07. The first-order valence-corrected chi connectivity index (χ1v) is 7.19. The molecule has 2 rings (SSSR count). The molecule has 1 aliphatic heterocycles. The van der Waals surface area contributed by atoms with E-state index in [1.807, 2.05) is 11.8 Å². The SMILES string of the molecule is CCOC1CCCN(C(=O)CC2CCCC2)C1. The highest BCUT2D eigenvalue weighted by atomic mass is 16.5. The molecule has 1 heterocycles. The van der Waals surface area contributed by atoms with Crippen LogP contribution in [0.4, 0.5) is 0 Å². The fourth-order valence-electron chi connectivity index (χ4n) is 3.13. The Morgan fingerprint density at radius 1 is 1.24 bits per heavy atom. The van der Waals surface area contributed by atoms with E-state index in [0.717, 1.165) is 39.0 Å². The number of hydrogen-bond acceptors (Lipinski definition) is 2. The highest BCUT2D eigenvalue weighted by Crippen LogP contribution is 2.28. The van der Waals surface area contributed by atoms with Crippen LogP contribution in [0.15, 0.2) is 0 Å². The Hall–Kier alpha value is -0.570. The Labute approximate surface area is 105 Å². The van der Waals surface area contributed by atoms with Gasteiger partial charge < -0.3 is 9.64 Å². The minimum Gasteiger partial charge on any atom is -0.377 e. The summed E-state index contributed by atoms with van der Waals surface area (Å²) in [7, 11) is 0. The summed E-state index contributed by atoms with van der Waals surface area (Å²) in [6, 6.07) is 0. The van der Waals surface area contributed by atoms with Crippen LogP contribution in [-0.2, 0) is 9.53 Å². The summed E-state index contributed by atoms with van der Waals surface area (Å²) < 4.78 is 5.64. The van der Waals surface area contributed by atoms with E-state index in [9.17, 15) is 4.79 Å².